The maximum absolute atomic E-state index is 9.51. The minimum absolute atomic E-state index is 1.00. The molecule has 0 aromatic heterocycles. The van der Waals surface area contributed by atoms with Crippen molar-refractivity contribution in [2.75, 3.05) is 13.2 Å². The van der Waals surface area contributed by atoms with Crippen LogP contribution in [-0.4, -0.2) is 13.2 Å². The smallest absolute Gasteiger partial charge is 0.339 e. The third kappa shape index (κ3) is 16.0. The molecule has 0 radical (unpaired) electrons. The molecule has 0 aromatic rings. The minimum Gasteiger partial charge on any atom is -0.381 e. The molecule has 10 heavy (non-hydrogen) atoms. The Bertz CT molecular complexity index is 104. The molecule has 1 heterocycles. The predicted octanol–water partition coefficient (Wildman–Crippen LogP) is 3.61. The van der Waals surface area contributed by atoms with Gasteiger partial charge in [0.25, 0.3) is 0 Å². The van der Waals surface area contributed by atoms with Crippen molar-refractivity contribution >= 4 is 38.9 Å². The van der Waals surface area contributed by atoms with E-state index in [4.69, 9.17) is 4.74 Å². The molecule has 0 amide bonds. The van der Waals surface area contributed by atoms with E-state index in [1.54, 1.807) is 0 Å². The summed E-state index contributed by atoms with van der Waals surface area (Å²) >= 11 is 13.8. The first-order chi connectivity index (χ1) is 4.50. The molecule has 6 heteroatoms. The fourth-order valence-corrected chi connectivity index (χ4v) is 0.510. The van der Waals surface area contributed by atoms with E-state index in [2.05, 4.69) is 33.7 Å². The summed E-state index contributed by atoms with van der Waals surface area (Å²) in [5.74, 6) is 0. The number of rotatable bonds is 0. The number of halogens is 3. The zero-order valence-corrected chi connectivity index (χ0v) is 8.39. The Balaban J connectivity index is 0.000000162. The summed E-state index contributed by atoms with van der Waals surface area (Å²) in [5.41, 5.74) is 0. The van der Waals surface area contributed by atoms with Gasteiger partial charge in [0.2, 0.25) is 0 Å². The van der Waals surface area contributed by atoms with Crippen LogP contribution in [0.25, 0.3) is 0 Å². The van der Waals surface area contributed by atoms with Crippen LogP contribution in [0.4, 0.5) is 0 Å². The summed E-state index contributed by atoms with van der Waals surface area (Å²) in [6.07, 6.45) is 2.56. The number of ether oxygens (including phenoxy) is 1. The van der Waals surface area contributed by atoms with Crippen LogP contribution in [0, 0.1) is 0 Å². The highest BCUT2D eigenvalue weighted by molar-refractivity contribution is 8.24. The summed E-state index contributed by atoms with van der Waals surface area (Å²) in [4.78, 5) is 0. The lowest BCUT2D eigenvalue weighted by molar-refractivity contribution is 0.198. The van der Waals surface area contributed by atoms with Gasteiger partial charge in [0.1, 0.15) is 0 Å². The third-order valence-electron chi connectivity index (χ3n) is 0.827. The molecule has 0 aliphatic carbocycles. The van der Waals surface area contributed by atoms with Gasteiger partial charge in [-0.1, -0.05) is 0 Å². The Morgan fingerprint density at radius 1 is 1.10 bits per heavy atom. The molecular weight excluding hydrogens is 217 g/mol. The monoisotopic (exact) mass is 224 g/mol. The van der Waals surface area contributed by atoms with Gasteiger partial charge < -0.3 is 4.74 Å². The molecule has 2 nitrogen and oxygen atoms in total. The van der Waals surface area contributed by atoms with Crippen LogP contribution in [-0.2, 0) is 9.30 Å². The Morgan fingerprint density at radius 3 is 1.50 bits per heavy atom. The number of hydrogen-bond acceptors (Lipinski definition) is 2. The topological polar surface area (TPSA) is 26.3 Å². The van der Waals surface area contributed by atoms with Gasteiger partial charge in [0, 0.05) is 13.2 Å². The maximum atomic E-state index is 9.51. The SMILES string of the molecule is C1CCOC1.O=P(Cl)(Cl)Cl. The standard InChI is InChI=1S/C4H8O.Cl3OP/c1-2-4-5-3-1;1-5(2,3)4/h1-4H2;. The van der Waals surface area contributed by atoms with Gasteiger partial charge in [-0.2, -0.15) is 0 Å². The fourth-order valence-electron chi connectivity index (χ4n) is 0.510. The molecule has 0 unspecified atom stereocenters. The van der Waals surface area contributed by atoms with Gasteiger partial charge in [-0.25, -0.2) is 0 Å². The average molecular weight is 225 g/mol. The summed E-state index contributed by atoms with van der Waals surface area (Å²) in [7, 11) is 0. The Kier molecular flexibility index (Phi) is 6.28. The predicted molar refractivity (Wildman–Crippen MR) is 45.2 cm³/mol. The zero-order chi connectivity index (χ0) is 8.04. The fraction of sp³-hybridized carbons (Fsp3) is 1.00. The first-order valence-electron chi connectivity index (χ1n) is 2.77. The van der Waals surface area contributed by atoms with Crippen LogP contribution in [0.1, 0.15) is 12.8 Å². The van der Waals surface area contributed by atoms with E-state index in [1.165, 1.54) is 12.8 Å². The second-order valence-electron chi connectivity index (χ2n) is 1.72. The molecule has 0 N–H and O–H groups in total. The summed E-state index contributed by atoms with van der Waals surface area (Å²) in [6, 6.07) is 0. The average Bonchev–Trinajstić information content (AvgIpc) is 2.07. The van der Waals surface area contributed by atoms with E-state index in [9.17, 15) is 4.57 Å². The molecule has 1 rings (SSSR count). The van der Waals surface area contributed by atoms with Gasteiger partial charge in [-0.3, -0.25) is 4.57 Å². The normalized spacial score (nSPS) is 17.9. The first kappa shape index (κ1) is 11.1. The molecular formula is C4H8Cl3O2P. The van der Waals surface area contributed by atoms with Crippen LogP contribution >= 0.6 is 38.9 Å². The Hall–Kier alpha value is 1.06. The Morgan fingerprint density at radius 2 is 1.40 bits per heavy atom. The van der Waals surface area contributed by atoms with Crippen molar-refractivity contribution in [3.05, 3.63) is 0 Å². The van der Waals surface area contributed by atoms with Gasteiger partial charge >= 0.3 is 5.20 Å². The summed E-state index contributed by atoms with van der Waals surface area (Å²) in [5, 5.41) is -3.22. The van der Waals surface area contributed by atoms with Gasteiger partial charge in [-0.15, -0.1) is 0 Å². The second-order valence-corrected chi connectivity index (χ2v) is 8.36. The molecule has 1 aliphatic rings. The molecule has 1 aliphatic heterocycles. The van der Waals surface area contributed by atoms with E-state index in [1.807, 2.05) is 0 Å². The molecule has 1 fully saturated rings. The quantitative estimate of drug-likeness (QED) is 0.589. The van der Waals surface area contributed by atoms with Crippen molar-refractivity contribution in [2.45, 2.75) is 12.8 Å². The van der Waals surface area contributed by atoms with Crippen molar-refractivity contribution < 1.29 is 9.30 Å². The minimum atomic E-state index is -3.22. The first-order valence-corrected chi connectivity index (χ1v) is 7.19. The van der Waals surface area contributed by atoms with Crippen molar-refractivity contribution in [1.82, 2.24) is 0 Å². The van der Waals surface area contributed by atoms with Crippen LogP contribution in [0.5, 0.6) is 0 Å². The molecule has 0 aromatic carbocycles. The van der Waals surface area contributed by atoms with Gasteiger partial charge in [-0.05, 0) is 46.6 Å². The largest absolute Gasteiger partial charge is 0.381 e. The van der Waals surface area contributed by atoms with E-state index in [0.29, 0.717) is 0 Å². The van der Waals surface area contributed by atoms with E-state index >= 15 is 0 Å². The summed E-state index contributed by atoms with van der Waals surface area (Å²) in [6.45, 7) is 2.00. The van der Waals surface area contributed by atoms with Crippen LogP contribution in [0.2, 0.25) is 0 Å². The van der Waals surface area contributed by atoms with E-state index in [0.717, 1.165) is 13.2 Å². The van der Waals surface area contributed by atoms with Crippen LogP contribution in [0.15, 0.2) is 0 Å². The second kappa shape index (κ2) is 5.68. The summed E-state index contributed by atoms with van der Waals surface area (Å²) < 4.78 is 14.5. The highest BCUT2D eigenvalue weighted by atomic mass is 36.0. The molecule has 0 spiro atoms. The molecule has 0 saturated carbocycles. The molecule has 1 saturated heterocycles. The lowest BCUT2D eigenvalue weighted by Gasteiger charge is -1.76. The van der Waals surface area contributed by atoms with Crippen molar-refractivity contribution in [1.29, 1.82) is 0 Å². The third-order valence-corrected chi connectivity index (χ3v) is 0.827. The van der Waals surface area contributed by atoms with Gasteiger partial charge in [0.05, 0.1) is 0 Å². The molecule has 0 atom stereocenters. The zero-order valence-electron chi connectivity index (χ0n) is 5.23. The van der Waals surface area contributed by atoms with Gasteiger partial charge in [0.15, 0.2) is 0 Å². The lowest BCUT2D eigenvalue weighted by Crippen LogP contribution is -1.74. The van der Waals surface area contributed by atoms with Crippen LogP contribution in [0.3, 0.4) is 0 Å². The molecule has 62 valence electrons. The number of hydrogen-bond donors (Lipinski definition) is 0. The Labute approximate surface area is 74.5 Å². The van der Waals surface area contributed by atoms with Crippen molar-refractivity contribution in [2.24, 2.45) is 0 Å². The maximum Gasteiger partial charge on any atom is 0.339 e. The van der Waals surface area contributed by atoms with Crippen molar-refractivity contribution in [3.8, 4) is 0 Å². The van der Waals surface area contributed by atoms with Crippen molar-refractivity contribution in [3.63, 3.8) is 0 Å². The van der Waals surface area contributed by atoms with E-state index in [-0.39, 0.29) is 0 Å². The molecule has 0 bridgehead atoms. The lowest BCUT2D eigenvalue weighted by atomic mass is 10.4. The van der Waals surface area contributed by atoms with Crippen LogP contribution < -0.4 is 0 Å². The van der Waals surface area contributed by atoms with E-state index < -0.39 is 5.20 Å². The highest BCUT2D eigenvalue weighted by Crippen LogP contribution is 2.61. The highest BCUT2D eigenvalue weighted by Gasteiger charge is 2.02.